The summed E-state index contributed by atoms with van der Waals surface area (Å²) in [5, 5.41) is 0. The van der Waals surface area contributed by atoms with E-state index in [1.165, 1.54) is 0 Å². The zero-order valence-corrected chi connectivity index (χ0v) is 11.3. The van der Waals surface area contributed by atoms with Gasteiger partial charge in [-0.25, -0.2) is 0 Å². The third-order valence-corrected chi connectivity index (χ3v) is 9.30. The van der Waals surface area contributed by atoms with Crippen molar-refractivity contribution >= 4 is 8.32 Å². The molecule has 0 aromatic carbocycles. The Labute approximate surface area is 85.0 Å². The van der Waals surface area contributed by atoms with E-state index in [-0.39, 0.29) is 0 Å². The molecule has 1 nitrogen and oxygen atoms in total. The molecule has 0 radical (unpaired) electrons. The van der Waals surface area contributed by atoms with Gasteiger partial charge in [0.25, 0.3) is 0 Å². The van der Waals surface area contributed by atoms with Crippen molar-refractivity contribution in [2.75, 3.05) is 6.61 Å². The highest BCUT2D eigenvalue weighted by Crippen LogP contribution is 2.41. The largest absolute Gasteiger partial charge is 0.416 e. The lowest BCUT2D eigenvalue weighted by molar-refractivity contribution is 0.297. The predicted molar refractivity (Wildman–Crippen MR) is 62.7 cm³/mol. The van der Waals surface area contributed by atoms with E-state index < -0.39 is 8.32 Å². The summed E-state index contributed by atoms with van der Waals surface area (Å²) in [5.74, 6) is 0. The standard InChI is InChI=1S/C11H26OSi/c1-8-12-13(9(2)3,10(4)5)11(6)7/h9-11H,8H2,1-7H3. The molecule has 2 heteroatoms. The van der Waals surface area contributed by atoms with Crippen molar-refractivity contribution < 1.29 is 4.43 Å². The van der Waals surface area contributed by atoms with E-state index in [4.69, 9.17) is 4.43 Å². The number of hydrogen-bond acceptors (Lipinski definition) is 1. The lowest BCUT2D eigenvalue weighted by Gasteiger charge is -2.41. The van der Waals surface area contributed by atoms with Gasteiger partial charge in [0.1, 0.15) is 0 Å². The second-order valence-electron chi connectivity index (χ2n) is 4.75. The summed E-state index contributed by atoms with van der Waals surface area (Å²) in [6.07, 6.45) is 0. The van der Waals surface area contributed by atoms with Crippen LogP contribution in [-0.2, 0) is 4.43 Å². The molecule has 80 valence electrons. The molecule has 0 heterocycles. The second kappa shape index (κ2) is 5.16. The normalized spacial score (nSPS) is 13.4. The fraction of sp³-hybridized carbons (Fsp3) is 1.00. The Morgan fingerprint density at radius 1 is 0.846 bits per heavy atom. The first-order valence-corrected chi connectivity index (χ1v) is 7.67. The topological polar surface area (TPSA) is 9.23 Å². The number of rotatable bonds is 5. The molecular formula is C11H26OSi. The zero-order chi connectivity index (χ0) is 10.6. The molecule has 0 fully saturated rings. The van der Waals surface area contributed by atoms with Crippen LogP contribution in [0.25, 0.3) is 0 Å². The highest BCUT2D eigenvalue weighted by molar-refractivity contribution is 6.77. The van der Waals surface area contributed by atoms with Crippen LogP contribution in [0.1, 0.15) is 48.5 Å². The van der Waals surface area contributed by atoms with Gasteiger partial charge in [-0.1, -0.05) is 41.5 Å². The Morgan fingerprint density at radius 2 is 1.15 bits per heavy atom. The van der Waals surface area contributed by atoms with Crippen LogP contribution in [0.4, 0.5) is 0 Å². The molecule has 0 spiro atoms. The Morgan fingerprint density at radius 3 is 1.23 bits per heavy atom. The summed E-state index contributed by atoms with van der Waals surface area (Å²) in [6.45, 7) is 16.9. The van der Waals surface area contributed by atoms with E-state index in [9.17, 15) is 0 Å². The summed E-state index contributed by atoms with van der Waals surface area (Å²) in [6, 6.07) is 0. The summed E-state index contributed by atoms with van der Waals surface area (Å²) in [5.41, 5.74) is 2.15. The SMILES string of the molecule is CCO[Si](C(C)C)(C(C)C)C(C)C. The van der Waals surface area contributed by atoms with Gasteiger partial charge < -0.3 is 4.43 Å². The smallest absolute Gasteiger partial charge is 0.200 e. The van der Waals surface area contributed by atoms with E-state index >= 15 is 0 Å². The van der Waals surface area contributed by atoms with Crippen molar-refractivity contribution in [3.05, 3.63) is 0 Å². The molecule has 0 aliphatic heterocycles. The van der Waals surface area contributed by atoms with Gasteiger partial charge >= 0.3 is 0 Å². The number of hydrogen-bond donors (Lipinski definition) is 0. The van der Waals surface area contributed by atoms with Gasteiger partial charge in [0.2, 0.25) is 0 Å². The maximum Gasteiger partial charge on any atom is 0.200 e. The highest BCUT2D eigenvalue weighted by atomic mass is 28.4. The van der Waals surface area contributed by atoms with Crippen molar-refractivity contribution in [3.63, 3.8) is 0 Å². The summed E-state index contributed by atoms with van der Waals surface area (Å²) >= 11 is 0. The zero-order valence-electron chi connectivity index (χ0n) is 10.3. The van der Waals surface area contributed by atoms with Crippen molar-refractivity contribution in [1.82, 2.24) is 0 Å². The van der Waals surface area contributed by atoms with Gasteiger partial charge in [0.15, 0.2) is 8.32 Å². The maximum absolute atomic E-state index is 6.15. The molecule has 0 aromatic heterocycles. The van der Waals surface area contributed by atoms with Crippen LogP contribution in [0.2, 0.25) is 16.6 Å². The first kappa shape index (κ1) is 13.2. The fourth-order valence-electron chi connectivity index (χ4n) is 2.75. The van der Waals surface area contributed by atoms with E-state index in [0.29, 0.717) is 16.6 Å². The monoisotopic (exact) mass is 202 g/mol. The van der Waals surface area contributed by atoms with Gasteiger partial charge in [-0.2, -0.15) is 0 Å². The Hall–Kier alpha value is 0.177. The van der Waals surface area contributed by atoms with Crippen molar-refractivity contribution in [1.29, 1.82) is 0 Å². The molecule has 0 unspecified atom stereocenters. The quantitative estimate of drug-likeness (QED) is 0.607. The molecule has 0 bridgehead atoms. The summed E-state index contributed by atoms with van der Waals surface area (Å²) in [7, 11) is -1.53. The highest BCUT2D eigenvalue weighted by Gasteiger charge is 2.44. The van der Waals surface area contributed by atoms with Crippen LogP contribution in [0.5, 0.6) is 0 Å². The van der Waals surface area contributed by atoms with Gasteiger partial charge in [0.05, 0.1) is 0 Å². The Kier molecular flexibility index (Phi) is 5.23. The Bertz CT molecular complexity index is 119. The fourth-order valence-corrected chi connectivity index (χ4v) is 8.25. The minimum Gasteiger partial charge on any atom is -0.416 e. The van der Waals surface area contributed by atoms with Crippen LogP contribution in [0.3, 0.4) is 0 Å². The minimum atomic E-state index is -1.53. The van der Waals surface area contributed by atoms with E-state index in [2.05, 4.69) is 48.5 Å². The molecule has 0 aliphatic carbocycles. The Balaban J connectivity index is 4.82. The molecule has 0 aromatic rings. The van der Waals surface area contributed by atoms with Crippen LogP contribution < -0.4 is 0 Å². The molecule has 0 atom stereocenters. The average Bonchev–Trinajstić information content (AvgIpc) is 1.97. The second-order valence-corrected chi connectivity index (χ2v) is 10.2. The lowest BCUT2D eigenvalue weighted by atomic mass is 10.5. The molecule has 0 saturated heterocycles. The van der Waals surface area contributed by atoms with Gasteiger partial charge in [-0.15, -0.1) is 0 Å². The predicted octanol–water partition coefficient (Wildman–Crippen LogP) is 4.20. The molecular weight excluding hydrogens is 176 g/mol. The first-order valence-electron chi connectivity index (χ1n) is 5.53. The van der Waals surface area contributed by atoms with Gasteiger partial charge in [0, 0.05) is 6.61 Å². The molecule has 0 N–H and O–H groups in total. The minimum absolute atomic E-state index is 0.715. The van der Waals surface area contributed by atoms with Crippen molar-refractivity contribution in [2.24, 2.45) is 0 Å². The third kappa shape index (κ3) is 2.56. The van der Waals surface area contributed by atoms with E-state index in [0.717, 1.165) is 6.61 Å². The van der Waals surface area contributed by atoms with E-state index in [1.54, 1.807) is 0 Å². The van der Waals surface area contributed by atoms with Crippen LogP contribution in [0.15, 0.2) is 0 Å². The van der Waals surface area contributed by atoms with Gasteiger partial charge in [-0.05, 0) is 23.5 Å². The van der Waals surface area contributed by atoms with E-state index in [1.807, 2.05) is 0 Å². The summed E-state index contributed by atoms with van der Waals surface area (Å²) < 4.78 is 6.15. The molecule has 0 saturated carbocycles. The lowest BCUT2D eigenvalue weighted by Crippen LogP contribution is -2.47. The van der Waals surface area contributed by atoms with Crippen molar-refractivity contribution in [2.45, 2.75) is 65.1 Å². The average molecular weight is 202 g/mol. The third-order valence-electron chi connectivity index (χ3n) is 3.10. The molecule has 0 aliphatic rings. The maximum atomic E-state index is 6.15. The molecule has 13 heavy (non-hydrogen) atoms. The van der Waals surface area contributed by atoms with Crippen LogP contribution in [0, 0.1) is 0 Å². The summed E-state index contributed by atoms with van der Waals surface area (Å²) in [4.78, 5) is 0. The van der Waals surface area contributed by atoms with Crippen LogP contribution >= 0.6 is 0 Å². The van der Waals surface area contributed by atoms with Gasteiger partial charge in [-0.3, -0.25) is 0 Å². The van der Waals surface area contributed by atoms with Crippen molar-refractivity contribution in [3.8, 4) is 0 Å². The molecule has 0 amide bonds. The first-order chi connectivity index (χ1) is 5.89. The molecule has 0 rings (SSSR count). The van der Waals surface area contributed by atoms with Crippen LogP contribution in [-0.4, -0.2) is 14.9 Å².